The van der Waals surface area contributed by atoms with E-state index >= 15 is 0 Å². The number of ketones is 1. The van der Waals surface area contributed by atoms with Crippen molar-refractivity contribution >= 4 is 26.7 Å². The Morgan fingerprint density at radius 3 is 2.18 bits per heavy atom. The summed E-state index contributed by atoms with van der Waals surface area (Å²) in [5.74, 6) is 0.0495. The van der Waals surface area contributed by atoms with Crippen molar-refractivity contribution in [2.45, 2.75) is 12.1 Å². The molecule has 172 valence electrons. The summed E-state index contributed by atoms with van der Waals surface area (Å²) in [6, 6.07) is 23.9. The van der Waals surface area contributed by atoms with E-state index in [-0.39, 0.29) is 12.3 Å². The fraction of sp³-hybridized carbons (Fsp3) is 0.136. The maximum Gasteiger partial charge on any atom is 0.485 e. The van der Waals surface area contributed by atoms with Crippen molar-refractivity contribution < 1.29 is 35.6 Å². The third-order valence-electron chi connectivity index (χ3n) is 4.60. The third kappa shape index (κ3) is 6.02. The molecular weight excluding hydrogens is 459 g/mol. The van der Waals surface area contributed by atoms with Gasteiger partial charge in [-0.2, -0.15) is 13.2 Å². The van der Waals surface area contributed by atoms with Gasteiger partial charge in [-0.15, -0.1) is 9.36 Å². The highest BCUT2D eigenvalue weighted by Gasteiger charge is 2.36. The van der Waals surface area contributed by atoms with Gasteiger partial charge < -0.3 is 4.55 Å². The first-order valence-corrected chi connectivity index (χ1v) is 10.9. The quantitative estimate of drug-likeness (QED) is 0.194. The van der Waals surface area contributed by atoms with Gasteiger partial charge in [0.25, 0.3) is 0 Å². The summed E-state index contributed by atoms with van der Waals surface area (Å²) in [4.78, 5) is 12.6. The highest BCUT2D eigenvalue weighted by atomic mass is 32.2. The second-order valence-electron chi connectivity index (χ2n) is 6.98. The molecule has 4 aromatic rings. The molecule has 1 aromatic heterocycles. The molecule has 0 fully saturated rings. The minimum absolute atomic E-state index is 0.0495. The lowest BCUT2D eigenvalue weighted by Crippen LogP contribution is -2.40. The van der Waals surface area contributed by atoms with Crippen LogP contribution in [0.1, 0.15) is 10.4 Å². The summed E-state index contributed by atoms with van der Waals surface area (Å²) in [7, 11) is -4.20. The average Bonchev–Trinajstić information content (AvgIpc) is 3.13. The van der Waals surface area contributed by atoms with E-state index in [2.05, 4.69) is 5.21 Å². The van der Waals surface area contributed by atoms with Crippen LogP contribution in [0.2, 0.25) is 0 Å². The minimum atomic E-state index is -6.09. The first-order valence-electron chi connectivity index (χ1n) is 9.49. The SMILES string of the molecule is Cn1n[n+](CC(=O)c2ccc3ccccc3c2)cc1-c1ccccc1.O=S(=O)([O-])C(F)(F)F. The van der Waals surface area contributed by atoms with Crippen LogP contribution in [-0.2, 0) is 23.7 Å². The molecule has 0 saturated carbocycles. The molecule has 0 saturated heterocycles. The van der Waals surface area contributed by atoms with Gasteiger partial charge in [0, 0.05) is 11.1 Å². The van der Waals surface area contributed by atoms with E-state index in [9.17, 15) is 18.0 Å². The van der Waals surface area contributed by atoms with E-state index in [0.717, 1.165) is 22.0 Å². The van der Waals surface area contributed by atoms with E-state index in [0.29, 0.717) is 5.56 Å². The van der Waals surface area contributed by atoms with Crippen molar-refractivity contribution in [2.75, 3.05) is 0 Å². The van der Waals surface area contributed by atoms with Crippen molar-refractivity contribution in [1.29, 1.82) is 0 Å². The summed E-state index contributed by atoms with van der Waals surface area (Å²) in [6.45, 7) is 0.221. The highest BCUT2D eigenvalue weighted by molar-refractivity contribution is 7.86. The number of Topliss-reactive ketones (excluding diaryl/α,β-unsaturated/α-hetero) is 1. The largest absolute Gasteiger partial charge is 0.741 e. The molecule has 4 rings (SSSR count). The van der Waals surface area contributed by atoms with Crippen molar-refractivity contribution in [2.24, 2.45) is 7.05 Å². The number of fused-ring (bicyclic) bond motifs is 1. The number of halogens is 3. The number of carbonyl (C=O) groups is 1. The van der Waals surface area contributed by atoms with Crippen LogP contribution < -0.4 is 4.68 Å². The Morgan fingerprint density at radius 2 is 1.58 bits per heavy atom. The van der Waals surface area contributed by atoms with Gasteiger partial charge >= 0.3 is 5.51 Å². The molecular formula is C22H18F3N3O4S. The molecule has 3 aromatic carbocycles. The number of nitrogens with zero attached hydrogens (tertiary/aromatic N) is 3. The van der Waals surface area contributed by atoms with Crippen molar-refractivity contribution in [1.82, 2.24) is 9.90 Å². The van der Waals surface area contributed by atoms with Gasteiger partial charge in [-0.05, 0) is 16.8 Å². The second-order valence-corrected chi connectivity index (χ2v) is 8.35. The Balaban J connectivity index is 0.000000331. The molecule has 0 unspecified atom stereocenters. The van der Waals surface area contributed by atoms with Crippen LogP contribution in [0.25, 0.3) is 22.0 Å². The van der Waals surface area contributed by atoms with Crippen LogP contribution in [0.4, 0.5) is 13.2 Å². The van der Waals surface area contributed by atoms with Gasteiger partial charge in [0.15, 0.2) is 28.6 Å². The van der Waals surface area contributed by atoms with Crippen LogP contribution >= 0.6 is 0 Å². The molecule has 0 spiro atoms. The second kappa shape index (κ2) is 9.51. The fourth-order valence-electron chi connectivity index (χ4n) is 3.02. The molecule has 0 N–H and O–H groups in total. The number of hydrogen-bond donors (Lipinski definition) is 0. The number of aromatic nitrogens is 3. The van der Waals surface area contributed by atoms with Crippen LogP contribution in [0, 0.1) is 0 Å². The van der Waals surface area contributed by atoms with Gasteiger partial charge in [-0.1, -0.05) is 66.7 Å². The monoisotopic (exact) mass is 477 g/mol. The molecule has 7 nitrogen and oxygen atoms in total. The Bertz CT molecular complexity index is 1390. The maximum atomic E-state index is 12.6. The lowest BCUT2D eigenvalue weighted by Gasteiger charge is -2.08. The average molecular weight is 477 g/mol. The van der Waals surface area contributed by atoms with Crippen LogP contribution in [0.5, 0.6) is 0 Å². The molecule has 33 heavy (non-hydrogen) atoms. The Labute approximate surface area is 187 Å². The molecule has 0 atom stereocenters. The topological polar surface area (TPSA) is 96.0 Å². The first kappa shape index (κ1) is 24.1. The van der Waals surface area contributed by atoms with E-state index in [4.69, 9.17) is 13.0 Å². The number of hydrogen-bond acceptors (Lipinski definition) is 5. The Hall–Kier alpha value is -3.57. The van der Waals surface area contributed by atoms with Gasteiger partial charge in [-0.3, -0.25) is 4.79 Å². The van der Waals surface area contributed by atoms with Gasteiger partial charge in [0.05, 0.1) is 5.21 Å². The lowest BCUT2D eigenvalue weighted by atomic mass is 10.0. The molecule has 1 heterocycles. The summed E-state index contributed by atoms with van der Waals surface area (Å²) in [5, 5.41) is 6.64. The normalized spacial score (nSPS) is 11.7. The third-order valence-corrected chi connectivity index (χ3v) is 5.17. The Morgan fingerprint density at radius 1 is 1.00 bits per heavy atom. The Kier molecular flexibility index (Phi) is 6.94. The van der Waals surface area contributed by atoms with E-state index in [1.54, 1.807) is 9.36 Å². The number of carbonyl (C=O) groups excluding carboxylic acids is 1. The van der Waals surface area contributed by atoms with Crippen LogP contribution in [-0.4, -0.2) is 34.2 Å². The highest BCUT2D eigenvalue weighted by Crippen LogP contribution is 2.20. The molecule has 0 aliphatic carbocycles. The standard InChI is InChI=1S/C21H18N3O.CHF3O3S/c1-23-20(17-8-3-2-4-9-17)14-24(22-23)15-21(25)19-12-11-16-7-5-6-10-18(16)13-19;2-1(3,4)8(5,6)7/h2-14H,15H2,1H3;(H,5,6,7)/q+1;/p-1. The predicted octanol–water partition coefficient (Wildman–Crippen LogP) is 3.46. The molecule has 0 radical (unpaired) electrons. The van der Waals surface area contributed by atoms with E-state index in [1.807, 2.05) is 86.0 Å². The van der Waals surface area contributed by atoms with Crippen LogP contribution in [0.15, 0.2) is 79.0 Å². The van der Waals surface area contributed by atoms with Gasteiger partial charge in [0.1, 0.15) is 7.05 Å². The smallest absolute Gasteiger partial charge is 0.485 e. The van der Waals surface area contributed by atoms with Gasteiger partial charge in [0.2, 0.25) is 5.78 Å². The molecule has 11 heteroatoms. The number of aryl methyl sites for hydroxylation is 1. The number of rotatable bonds is 4. The molecule has 0 aliphatic heterocycles. The van der Waals surface area contributed by atoms with E-state index < -0.39 is 15.6 Å². The zero-order chi connectivity index (χ0) is 24.2. The van der Waals surface area contributed by atoms with Crippen molar-refractivity contribution in [3.05, 3.63) is 84.6 Å². The van der Waals surface area contributed by atoms with E-state index in [1.165, 1.54) is 0 Å². The number of benzene rings is 3. The first-order chi connectivity index (χ1) is 15.5. The summed E-state index contributed by atoms with van der Waals surface area (Å²) in [5.41, 5.74) is -2.88. The van der Waals surface area contributed by atoms with Gasteiger partial charge in [-0.25, -0.2) is 8.42 Å². The molecule has 0 aliphatic rings. The zero-order valence-corrected chi connectivity index (χ0v) is 18.0. The minimum Gasteiger partial charge on any atom is -0.741 e. The summed E-state index contributed by atoms with van der Waals surface area (Å²) >= 11 is 0. The number of alkyl halides is 3. The van der Waals surface area contributed by atoms with Crippen LogP contribution in [0.3, 0.4) is 0 Å². The summed E-state index contributed by atoms with van der Waals surface area (Å²) < 4.78 is 62.4. The lowest BCUT2D eigenvalue weighted by molar-refractivity contribution is -0.742. The van der Waals surface area contributed by atoms with Crippen molar-refractivity contribution in [3.63, 3.8) is 0 Å². The summed E-state index contributed by atoms with van der Waals surface area (Å²) in [6.07, 6.45) is 1.91. The molecule has 0 bridgehead atoms. The maximum absolute atomic E-state index is 12.6. The zero-order valence-electron chi connectivity index (χ0n) is 17.2. The fourth-order valence-corrected chi connectivity index (χ4v) is 3.02. The molecule has 0 amide bonds. The van der Waals surface area contributed by atoms with Crippen molar-refractivity contribution in [3.8, 4) is 11.3 Å². The predicted molar refractivity (Wildman–Crippen MR) is 113 cm³/mol.